The number of anilines is 1. The second-order valence-electron chi connectivity index (χ2n) is 6.28. The van der Waals surface area contributed by atoms with Crippen LogP contribution in [-0.2, 0) is 0 Å². The third kappa shape index (κ3) is 3.70. The van der Waals surface area contributed by atoms with E-state index in [1.807, 2.05) is 6.07 Å². The van der Waals surface area contributed by atoms with E-state index in [-0.39, 0.29) is 11.4 Å². The van der Waals surface area contributed by atoms with Crippen LogP contribution in [0.1, 0.15) is 26.7 Å². The Morgan fingerprint density at radius 2 is 1.95 bits per heavy atom. The number of piperidine rings is 1. The molecule has 0 bridgehead atoms. The number of benzene rings is 1. The molecule has 20 heavy (non-hydrogen) atoms. The van der Waals surface area contributed by atoms with Crippen molar-refractivity contribution in [1.29, 1.82) is 0 Å². The van der Waals surface area contributed by atoms with Crippen molar-refractivity contribution in [1.82, 2.24) is 4.90 Å². The molecular formula is C16H26FN3. The normalized spacial score (nSPS) is 19.2. The van der Waals surface area contributed by atoms with Crippen LogP contribution in [0, 0.1) is 11.7 Å². The summed E-state index contributed by atoms with van der Waals surface area (Å²) < 4.78 is 13.8. The molecule has 0 saturated carbocycles. The predicted octanol–water partition coefficient (Wildman–Crippen LogP) is 2.69. The van der Waals surface area contributed by atoms with E-state index in [1.165, 1.54) is 6.07 Å². The maximum Gasteiger partial charge on any atom is 0.146 e. The fourth-order valence-electron chi connectivity index (χ4n) is 2.91. The first kappa shape index (κ1) is 15.3. The van der Waals surface area contributed by atoms with Crippen molar-refractivity contribution >= 4 is 5.69 Å². The molecule has 2 rings (SSSR count). The highest BCUT2D eigenvalue weighted by atomic mass is 19.1. The third-order valence-corrected chi connectivity index (χ3v) is 4.10. The van der Waals surface area contributed by atoms with Crippen LogP contribution in [-0.4, -0.2) is 36.6 Å². The fraction of sp³-hybridized carbons (Fsp3) is 0.625. The molecule has 0 spiro atoms. The minimum Gasteiger partial charge on any atom is -0.376 e. The predicted molar refractivity (Wildman–Crippen MR) is 82.3 cm³/mol. The summed E-state index contributed by atoms with van der Waals surface area (Å²) in [5.74, 6) is 0.477. The van der Waals surface area contributed by atoms with E-state index in [9.17, 15) is 4.39 Å². The third-order valence-electron chi connectivity index (χ3n) is 4.10. The first-order valence-corrected chi connectivity index (χ1v) is 7.50. The lowest BCUT2D eigenvalue weighted by Crippen LogP contribution is -2.54. The van der Waals surface area contributed by atoms with E-state index in [0.717, 1.165) is 32.5 Å². The number of nitrogens with zero attached hydrogens (tertiary/aromatic N) is 1. The summed E-state index contributed by atoms with van der Waals surface area (Å²) in [5, 5.41) is 3.36. The molecule has 3 N–H and O–H groups in total. The van der Waals surface area contributed by atoms with Crippen LogP contribution in [0.4, 0.5) is 10.1 Å². The molecule has 1 fully saturated rings. The Morgan fingerprint density at radius 3 is 2.50 bits per heavy atom. The molecule has 1 heterocycles. The summed E-state index contributed by atoms with van der Waals surface area (Å²) in [7, 11) is 0. The highest BCUT2D eigenvalue weighted by molar-refractivity contribution is 5.47. The Hall–Kier alpha value is -1.13. The zero-order valence-electron chi connectivity index (χ0n) is 12.5. The lowest BCUT2D eigenvalue weighted by molar-refractivity contribution is 0.161. The number of hydrogen-bond donors (Lipinski definition) is 2. The van der Waals surface area contributed by atoms with Crippen molar-refractivity contribution in [3.05, 3.63) is 30.1 Å². The number of nitrogens with two attached hydrogens (primary N) is 1. The van der Waals surface area contributed by atoms with Crippen molar-refractivity contribution in [2.45, 2.75) is 32.2 Å². The van der Waals surface area contributed by atoms with Gasteiger partial charge in [-0.3, -0.25) is 0 Å². The molecule has 1 aromatic carbocycles. The van der Waals surface area contributed by atoms with Crippen LogP contribution in [0.3, 0.4) is 0 Å². The first-order chi connectivity index (χ1) is 9.54. The van der Waals surface area contributed by atoms with Crippen LogP contribution in [0.5, 0.6) is 0 Å². The van der Waals surface area contributed by atoms with Gasteiger partial charge in [-0.05, 0) is 30.9 Å². The van der Waals surface area contributed by atoms with E-state index in [0.29, 0.717) is 18.2 Å². The van der Waals surface area contributed by atoms with Crippen LogP contribution in [0.2, 0.25) is 0 Å². The second-order valence-corrected chi connectivity index (χ2v) is 6.28. The molecule has 1 aliphatic heterocycles. The van der Waals surface area contributed by atoms with Gasteiger partial charge in [0.15, 0.2) is 0 Å². The van der Waals surface area contributed by atoms with E-state index in [4.69, 9.17) is 5.73 Å². The van der Waals surface area contributed by atoms with Gasteiger partial charge < -0.3 is 16.0 Å². The molecule has 3 nitrogen and oxygen atoms in total. The molecule has 0 amide bonds. The zero-order valence-corrected chi connectivity index (χ0v) is 12.5. The Morgan fingerprint density at radius 1 is 1.30 bits per heavy atom. The minimum absolute atomic E-state index is 0.171. The Bertz CT molecular complexity index is 425. The quantitative estimate of drug-likeness (QED) is 0.870. The van der Waals surface area contributed by atoms with Gasteiger partial charge in [0, 0.05) is 26.2 Å². The van der Waals surface area contributed by atoms with Crippen LogP contribution >= 0.6 is 0 Å². The maximum atomic E-state index is 13.8. The summed E-state index contributed by atoms with van der Waals surface area (Å²) in [5.41, 5.74) is 6.37. The molecule has 112 valence electrons. The lowest BCUT2D eigenvalue weighted by Gasteiger charge is -2.43. The van der Waals surface area contributed by atoms with Gasteiger partial charge in [-0.15, -0.1) is 0 Å². The minimum atomic E-state index is -0.204. The van der Waals surface area contributed by atoms with Gasteiger partial charge in [-0.2, -0.15) is 0 Å². The summed E-state index contributed by atoms with van der Waals surface area (Å²) in [4.78, 5) is 2.47. The van der Waals surface area contributed by atoms with Gasteiger partial charge in [-0.1, -0.05) is 26.0 Å². The number of para-hydroxylation sites is 1. The number of likely N-dealkylation sites (tertiary alicyclic amines) is 1. The molecule has 0 unspecified atom stereocenters. The van der Waals surface area contributed by atoms with Crippen molar-refractivity contribution in [2.24, 2.45) is 11.7 Å². The van der Waals surface area contributed by atoms with Crippen molar-refractivity contribution in [2.75, 3.05) is 31.5 Å². The number of halogens is 1. The Balaban J connectivity index is 2.00. The van der Waals surface area contributed by atoms with E-state index >= 15 is 0 Å². The fourth-order valence-corrected chi connectivity index (χ4v) is 2.91. The highest BCUT2D eigenvalue weighted by Crippen LogP contribution is 2.27. The lowest BCUT2D eigenvalue weighted by atomic mass is 9.86. The van der Waals surface area contributed by atoms with Gasteiger partial charge >= 0.3 is 0 Å². The van der Waals surface area contributed by atoms with Crippen molar-refractivity contribution in [3.8, 4) is 0 Å². The van der Waals surface area contributed by atoms with E-state index < -0.39 is 0 Å². The molecule has 0 aliphatic carbocycles. The molecule has 1 aliphatic rings. The smallest absolute Gasteiger partial charge is 0.146 e. The van der Waals surface area contributed by atoms with Crippen LogP contribution in [0.15, 0.2) is 24.3 Å². The summed E-state index contributed by atoms with van der Waals surface area (Å²) in [6, 6.07) is 6.83. The molecule has 0 radical (unpaired) electrons. The maximum absolute atomic E-state index is 13.8. The number of hydrogen-bond acceptors (Lipinski definition) is 3. The summed E-state index contributed by atoms with van der Waals surface area (Å²) in [6.07, 6.45) is 1.93. The van der Waals surface area contributed by atoms with Gasteiger partial charge in [0.2, 0.25) is 0 Å². The van der Waals surface area contributed by atoms with E-state index in [2.05, 4.69) is 24.1 Å². The standard InChI is InChI=1S/C16H26FN3/c1-13(2)11-20-9-7-16(12-18,8-10-20)19-15-6-4-3-5-14(15)17/h3-6,13,19H,7-12,18H2,1-2H3. The largest absolute Gasteiger partial charge is 0.376 e. The molecule has 1 saturated heterocycles. The molecule has 0 aromatic heterocycles. The van der Waals surface area contributed by atoms with Crippen LogP contribution in [0.25, 0.3) is 0 Å². The first-order valence-electron chi connectivity index (χ1n) is 7.50. The topological polar surface area (TPSA) is 41.3 Å². The average Bonchev–Trinajstić information content (AvgIpc) is 2.43. The second kappa shape index (κ2) is 6.55. The van der Waals surface area contributed by atoms with Crippen molar-refractivity contribution in [3.63, 3.8) is 0 Å². The number of nitrogens with one attached hydrogen (secondary N) is 1. The molecular weight excluding hydrogens is 253 g/mol. The summed E-state index contributed by atoms with van der Waals surface area (Å²) in [6.45, 7) is 8.19. The van der Waals surface area contributed by atoms with Gasteiger partial charge in [0.25, 0.3) is 0 Å². The molecule has 4 heteroatoms. The Labute approximate surface area is 121 Å². The van der Waals surface area contributed by atoms with Gasteiger partial charge in [0.05, 0.1) is 11.2 Å². The monoisotopic (exact) mass is 279 g/mol. The number of rotatable bonds is 5. The van der Waals surface area contributed by atoms with E-state index in [1.54, 1.807) is 12.1 Å². The zero-order chi connectivity index (χ0) is 14.6. The van der Waals surface area contributed by atoms with Crippen LogP contribution < -0.4 is 11.1 Å². The Kier molecular flexibility index (Phi) is 5.00. The summed E-state index contributed by atoms with van der Waals surface area (Å²) >= 11 is 0. The average molecular weight is 279 g/mol. The highest BCUT2D eigenvalue weighted by Gasteiger charge is 2.33. The van der Waals surface area contributed by atoms with Gasteiger partial charge in [-0.25, -0.2) is 4.39 Å². The molecule has 0 atom stereocenters. The van der Waals surface area contributed by atoms with Crippen molar-refractivity contribution < 1.29 is 4.39 Å². The SMILES string of the molecule is CC(C)CN1CCC(CN)(Nc2ccccc2F)CC1. The molecule has 1 aromatic rings. The van der Waals surface area contributed by atoms with Gasteiger partial charge in [0.1, 0.15) is 5.82 Å².